The lowest BCUT2D eigenvalue weighted by molar-refractivity contribution is 0.0531. The molecule has 1 rings (SSSR count). The summed E-state index contributed by atoms with van der Waals surface area (Å²) in [6.07, 6.45) is 1.01. The third-order valence-electron chi connectivity index (χ3n) is 2.26. The molecule has 0 aliphatic carbocycles. The predicted octanol–water partition coefficient (Wildman–Crippen LogP) is 1.84. The molecule has 0 amide bonds. The van der Waals surface area contributed by atoms with Crippen LogP contribution in [-0.4, -0.2) is 33.0 Å². The Morgan fingerprint density at radius 2 is 1.89 bits per heavy atom. The average molecular weight is 290 g/mol. The smallest absolute Gasteiger partial charge is 0.348 e. The van der Waals surface area contributed by atoms with Crippen LogP contribution in [0.2, 0.25) is 0 Å². The van der Waals surface area contributed by atoms with E-state index in [0.717, 1.165) is 17.6 Å². The minimum absolute atomic E-state index is 0.0736. The summed E-state index contributed by atoms with van der Waals surface area (Å²) in [5, 5.41) is 0. The normalized spacial score (nSPS) is 11.3. The molecule has 0 N–H and O–H groups in total. The molecular weight excluding hydrogens is 276 g/mol. The van der Waals surface area contributed by atoms with E-state index in [1.807, 2.05) is 0 Å². The fourth-order valence-electron chi connectivity index (χ4n) is 1.55. The van der Waals surface area contributed by atoms with Crippen molar-refractivity contribution in [2.75, 3.05) is 12.9 Å². The fourth-order valence-corrected chi connectivity index (χ4v) is 4.05. The molecule has 0 bridgehead atoms. The number of rotatable bonds is 4. The molecule has 18 heavy (non-hydrogen) atoms. The van der Waals surface area contributed by atoms with E-state index in [9.17, 15) is 18.0 Å². The van der Waals surface area contributed by atoms with E-state index in [-0.39, 0.29) is 27.0 Å². The number of ether oxygens (including phenoxy) is 1. The van der Waals surface area contributed by atoms with Gasteiger partial charge >= 0.3 is 5.97 Å². The average Bonchev–Trinajstić information content (AvgIpc) is 2.55. The molecule has 7 heteroatoms. The Balaban J connectivity index is 3.52. The maximum Gasteiger partial charge on any atom is 0.348 e. The summed E-state index contributed by atoms with van der Waals surface area (Å²) in [6, 6.07) is 0. The molecule has 0 saturated carbocycles. The Bertz CT molecular complexity index is 595. The van der Waals surface area contributed by atoms with Crippen molar-refractivity contribution in [1.82, 2.24) is 0 Å². The predicted molar refractivity (Wildman–Crippen MR) is 68.1 cm³/mol. The van der Waals surface area contributed by atoms with Gasteiger partial charge in [-0.1, -0.05) is 0 Å². The summed E-state index contributed by atoms with van der Waals surface area (Å²) in [7, 11) is -3.54. The van der Waals surface area contributed by atoms with Crippen molar-refractivity contribution in [3.63, 3.8) is 0 Å². The van der Waals surface area contributed by atoms with Crippen LogP contribution >= 0.6 is 11.3 Å². The van der Waals surface area contributed by atoms with Gasteiger partial charge in [0.2, 0.25) is 0 Å². The van der Waals surface area contributed by atoms with Gasteiger partial charge in [-0.2, -0.15) is 0 Å². The van der Waals surface area contributed by atoms with E-state index in [1.165, 1.54) is 6.92 Å². The van der Waals surface area contributed by atoms with Crippen LogP contribution in [0.4, 0.5) is 0 Å². The standard InChI is InChI=1S/C11H14O5S2/c1-5-16-10(13)9-6(2)8(7(3)12)11(17-9)18(4,14)15/h5H2,1-4H3. The molecule has 1 aromatic rings. The molecule has 0 atom stereocenters. The van der Waals surface area contributed by atoms with Gasteiger partial charge < -0.3 is 4.74 Å². The highest BCUT2D eigenvalue weighted by molar-refractivity contribution is 7.92. The largest absolute Gasteiger partial charge is 0.462 e. The highest BCUT2D eigenvalue weighted by atomic mass is 32.2. The zero-order valence-corrected chi connectivity index (χ0v) is 12.2. The quantitative estimate of drug-likeness (QED) is 0.624. The van der Waals surface area contributed by atoms with E-state index >= 15 is 0 Å². The second-order valence-electron chi connectivity index (χ2n) is 3.77. The highest BCUT2D eigenvalue weighted by Gasteiger charge is 2.28. The Kier molecular flexibility index (Phi) is 4.28. The van der Waals surface area contributed by atoms with Gasteiger partial charge in [0.05, 0.1) is 12.2 Å². The highest BCUT2D eigenvalue weighted by Crippen LogP contribution is 2.32. The molecule has 0 fully saturated rings. The number of hydrogen-bond acceptors (Lipinski definition) is 6. The maximum atomic E-state index is 11.7. The van der Waals surface area contributed by atoms with Gasteiger partial charge in [-0.3, -0.25) is 4.79 Å². The third-order valence-corrected chi connectivity index (χ3v) is 5.37. The van der Waals surface area contributed by atoms with Gasteiger partial charge in [0, 0.05) is 6.26 Å². The lowest BCUT2D eigenvalue weighted by atomic mass is 10.1. The molecule has 0 radical (unpaired) electrons. The fraction of sp³-hybridized carbons (Fsp3) is 0.455. The molecule has 1 heterocycles. The zero-order chi connectivity index (χ0) is 14.1. The van der Waals surface area contributed by atoms with Crippen LogP contribution in [0.25, 0.3) is 0 Å². The van der Waals surface area contributed by atoms with Crippen molar-refractivity contribution >= 4 is 32.9 Å². The number of carbonyl (C=O) groups is 2. The number of carbonyl (C=O) groups excluding carboxylic acids is 2. The summed E-state index contributed by atoms with van der Waals surface area (Å²) in [5.74, 6) is -0.975. The van der Waals surface area contributed by atoms with E-state index in [2.05, 4.69) is 0 Å². The first-order chi connectivity index (χ1) is 8.20. The molecule has 5 nitrogen and oxygen atoms in total. The van der Waals surface area contributed by atoms with Crippen molar-refractivity contribution in [2.24, 2.45) is 0 Å². The summed E-state index contributed by atoms with van der Waals surface area (Å²) in [6.45, 7) is 4.68. The maximum absolute atomic E-state index is 11.7. The molecule has 0 spiro atoms. The van der Waals surface area contributed by atoms with Crippen LogP contribution in [0.15, 0.2) is 4.21 Å². The van der Waals surface area contributed by atoms with Crippen LogP contribution in [0.3, 0.4) is 0 Å². The molecule has 0 aromatic carbocycles. The van der Waals surface area contributed by atoms with Crippen molar-refractivity contribution < 1.29 is 22.7 Å². The second-order valence-corrected chi connectivity index (χ2v) is 7.00. The Hall–Kier alpha value is -1.21. The topological polar surface area (TPSA) is 77.5 Å². The number of hydrogen-bond donors (Lipinski definition) is 0. The molecule has 0 unspecified atom stereocenters. The lowest BCUT2D eigenvalue weighted by Crippen LogP contribution is -2.05. The van der Waals surface area contributed by atoms with Gasteiger partial charge in [0.1, 0.15) is 9.09 Å². The van der Waals surface area contributed by atoms with Crippen LogP contribution < -0.4 is 0 Å². The first-order valence-electron chi connectivity index (χ1n) is 5.21. The van der Waals surface area contributed by atoms with Crippen molar-refractivity contribution in [3.8, 4) is 0 Å². The minimum atomic E-state index is -3.54. The molecule has 1 aromatic heterocycles. The number of esters is 1. The molecule has 100 valence electrons. The lowest BCUT2D eigenvalue weighted by Gasteiger charge is -2.00. The molecule has 0 saturated heterocycles. The van der Waals surface area contributed by atoms with Crippen LogP contribution in [-0.2, 0) is 14.6 Å². The summed E-state index contributed by atoms with van der Waals surface area (Å²) in [5.41, 5.74) is 0.455. The van der Waals surface area contributed by atoms with Gasteiger partial charge in [-0.25, -0.2) is 13.2 Å². The third kappa shape index (κ3) is 2.78. The SMILES string of the molecule is CCOC(=O)c1sc(S(C)(=O)=O)c(C(C)=O)c1C. The van der Waals surface area contributed by atoms with E-state index in [4.69, 9.17) is 4.74 Å². The van der Waals surface area contributed by atoms with E-state index < -0.39 is 15.8 Å². The van der Waals surface area contributed by atoms with Crippen LogP contribution in [0, 0.1) is 6.92 Å². The van der Waals surface area contributed by atoms with Crippen molar-refractivity contribution in [2.45, 2.75) is 25.0 Å². The molecular formula is C11H14O5S2. The van der Waals surface area contributed by atoms with E-state index in [0.29, 0.717) is 5.56 Å². The number of thiophene rings is 1. The van der Waals surface area contributed by atoms with Crippen molar-refractivity contribution in [3.05, 3.63) is 16.0 Å². The summed E-state index contributed by atoms with van der Waals surface area (Å²) < 4.78 is 28.0. The summed E-state index contributed by atoms with van der Waals surface area (Å²) in [4.78, 5) is 23.3. The molecule has 0 aliphatic heterocycles. The Morgan fingerprint density at radius 1 is 1.33 bits per heavy atom. The second kappa shape index (κ2) is 5.19. The van der Waals surface area contributed by atoms with Gasteiger partial charge in [0.15, 0.2) is 15.6 Å². The number of Topliss-reactive ketones (excluding diaryl/α,β-unsaturated/α-hetero) is 1. The molecule has 0 aliphatic rings. The first-order valence-corrected chi connectivity index (χ1v) is 7.92. The van der Waals surface area contributed by atoms with Gasteiger partial charge in [-0.05, 0) is 26.3 Å². The van der Waals surface area contributed by atoms with E-state index in [1.54, 1.807) is 13.8 Å². The number of sulfone groups is 1. The Labute approximate surface area is 110 Å². The van der Waals surface area contributed by atoms with Crippen LogP contribution in [0.5, 0.6) is 0 Å². The minimum Gasteiger partial charge on any atom is -0.462 e. The zero-order valence-electron chi connectivity index (χ0n) is 10.6. The monoisotopic (exact) mass is 290 g/mol. The summed E-state index contributed by atoms with van der Waals surface area (Å²) >= 11 is 0.786. The number of ketones is 1. The van der Waals surface area contributed by atoms with Gasteiger partial charge in [0.25, 0.3) is 0 Å². The Morgan fingerprint density at radius 3 is 2.22 bits per heavy atom. The van der Waals surface area contributed by atoms with Crippen LogP contribution in [0.1, 0.15) is 39.4 Å². The van der Waals surface area contributed by atoms with Gasteiger partial charge in [-0.15, -0.1) is 11.3 Å². The first kappa shape index (κ1) is 14.8. The van der Waals surface area contributed by atoms with Crippen molar-refractivity contribution in [1.29, 1.82) is 0 Å².